The van der Waals surface area contributed by atoms with Gasteiger partial charge < -0.3 is 15.2 Å². The zero-order chi connectivity index (χ0) is 12.1. The Morgan fingerprint density at radius 1 is 1.12 bits per heavy atom. The topological polar surface area (TPSA) is 44.5 Å². The van der Waals surface area contributed by atoms with E-state index in [9.17, 15) is 0 Å². The van der Waals surface area contributed by atoms with Gasteiger partial charge in [0.05, 0.1) is 14.2 Å². The van der Waals surface area contributed by atoms with Crippen molar-refractivity contribution in [3.05, 3.63) is 23.3 Å². The Labute approximate surface area is 110 Å². The maximum absolute atomic E-state index is 5.81. The van der Waals surface area contributed by atoms with E-state index in [1.807, 2.05) is 19.1 Å². The highest BCUT2D eigenvalue weighted by atomic mass is 35.5. The molecule has 1 aromatic rings. The van der Waals surface area contributed by atoms with Gasteiger partial charge in [-0.15, -0.1) is 12.4 Å². The molecule has 0 saturated carbocycles. The van der Waals surface area contributed by atoms with Crippen LogP contribution in [-0.2, 0) is 12.8 Å². The number of nitrogens with two attached hydrogens (primary N) is 1. The van der Waals surface area contributed by atoms with Crippen molar-refractivity contribution in [2.45, 2.75) is 32.7 Å². The summed E-state index contributed by atoms with van der Waals surface area (Å²) in [6, 6.07) is 4.18. The number of halogens is 1. The van der Waals surface area contributed by atoms with Crippen LogP contribution in [0.15, 0.2) is 12.1 Å². The predicted molar refractivity (Wildman–Crippen MR) is 73.5 cm³/mol. The van der Waals surface area contributed by atoms with Gasteiger partial charge in [0.1, 0.15) is 11.5 Å². The molecule has 1 rings (SSSR count). The molecule has 1 unspecified atom stereocenters. The van der Waals surface area contributed by atoms with Gasteiger partial charge in [0.2, 0.25) is 0 Å². The van der Waals surface area contributed by atoms with Gasteiger partial charge in [-0.3, -0.25) is 0 Å². The summed E-state index contributed by atoms with van der Waals surface area (Å²) in [7, 11) is 3.38. The maximum atomic E-state index is 5.81. The van der Waals surface area contributed by atoms with Crippen LogP contribution in [0.3, 0.4) is 0 Å². The predicted octanol–water partition coefficient (Wildman–Crippen LogP) is 2.58. The van der Waals surface area contributed by atoms with E-state index in [1.54, 1.807) is 14.2 Å². The molecule has 0 aliphatic heterocycles. The lowest BCUT2D eigenvalue weighted by atomic mass is 10.0. The van der Waals surface area contributed by atoms with Crippen LogP contribution in [0, 0.1) is 0 Å². The number of hydrogen-bond donors (Lipinski definition) is 1. The minimum Gasteiger partial charge on any atom is -0.496 e. The first-order valence-electron chi connectivity index (χ1n) is 5.61. The first kappa shape index (κ1) is 16.1. The van der Waals surface area contributed by atoms with Crippen LogP contribution in [0.5, 0.6) is 11.5 Å². The molecule has 0 aliphatic carbocycles. The van der Waals surface area contributed by atoms with Gasteiger partial charge in [-0.25, -0.2) is 0 Å². The van der Waals surface area contributed by atoms with E-state index in [0.29, 0.717) is 0 Å². The van der Waals surface area contributed by atoms with Gasteiger partial charge in [-0.2, -0.15) is 0 Å². The van der Waals surface area contributed by atoms with Gasteiger partial charge in [-0.1, -0.05) is 6.92 Å². The summed E-state index contributed by atoms with van der Waals surface area (Å²) in [4.78, 5) is 0. The Balaban J connectivity index is 0.00000256. The van der Waals surface area contributed by atoms with E-state index >= 15 is 0 Å². The second-order valence-electron chi connectivity index (χ2n) is 4.01. The first-order chi connectivity index (χ1) is 7.62. The molecule has 0 heterocycles. The molecule has 0 bridgehead atoms. The number of hydrogen-bond acceptors (Lipinski definition) is 3. The maximum Gasteiger partial charge on any atom is 0.122 e. The molecular formula is C13H22ClNO2. The molecule has 0 amide bonds. The van der Waals surface area contributed by atoms with E-state index in [1.165, 1.54) is 0 Å². The standard InChI is InChI=1S/C13H21NO2.ClH/c1-5-10-7-13(16-4)11(6-9(2)14)8-12(10)15-3;/h7-9H,5-6,14H2,1-4H3;1H. The van der Waals surface area contributed by atoms with Crippen LogP contribution in [0.1, 0.15) is 25.0 Å². The summed E-state index contributed by atoms with van der Waals surface area (Å²) in [5, 5.41) is 0. The SMILES string of the molecule is CCc1cc(OC)c(CC(C)N)cc1OC.Cl. The van der Waals surface area contributed by atoms with Gasteiger partial charge in [0, 0.05) is 6.04 Å². The molecule has 98 valence electrons. The Bertz CT molecular complexity index is 354. The molecule has 17 heavy (non-hydrogen) atoms. The number of aryl methyl sites for hydroxylation is 1. The normalized spacial score (nSPS) is 11.6. The van der Waals surface area contributed by atoms with E-state index in [-0.39, 0.29) is 18.4 Å². The number of methoxy groups -OCH3 is 2. The zero-order valence-corrected chi connectivity index (χ0v) is 11.8. The smallest absolute Gasteiger partial charge is 0.122 e. The van der Waals surface area contributed by atoms with Gasteiger partial charge in [-0.05, 0) is 43.0 Å². The third-order valence-electron chi connectivity index (χ3n) is 2.61. The first-order valence-corrected chi connectivity index (χ1v) is 5.61. The van der Waals surface area contributed by atoms with Crippen LogP contribution >= 0.6 is 12.4 Å². The lowest BCUT2D eigenvalue weighted by Crippen LogP contribution is -2.18. The average Bonchev–Trinajstić information content (AvgIpc) is 2.27. The summed E-state index contributed by atoms with van der Waals surface area (Å²) in [6.07, 6.45) is 1.72. The van der Waals surface area contributed by atoms with Gasteiger partial charge in [0.15, 0.2) is 0 Å². The number of rotatable bonds is 5. The highest BCUT2D eigenvalue weighted by molar-refractivity contribution is 5.85. The van der Waals surface area contributed by atoms with Crippen LogP contribution in [0.4, 0.5) is 0 Å². The molecular weight excluding hydrogens is 238 g/mol. The fourth-order valence-corrected chi connectivity index (χ4v) is 1.81. The van der Waals surface area contributed by atoms with Crippen molar-refractivity contribution in [1.29, 1.82) is 0 Å². The molecule has 4 heteroatoms. The lowest BCUT2D eigenvalue weighted by Gasteiger charge is -2.15. The van der Waals surface area contributed by atoms with Crippen molar-refractivity contribution in [3.63, 3.8) is 0 Å². The quantitative estimate of drug-likeness (QED) is 0.884. The molecule has 3 nitrogen and oxygen atoms in total. The third-order valence-corrected chi connectivity index (χ3v) is 2.61. The van der Waals surface area contributed by atoms with Crippen molar-refractivity contribution >= 4 is 12.4 Å². The summed E-state index contributed by atoms with van der Waals surface area (Å²) in [6.45, 7) is 4.09. The summed E-state index contributed by atoms with van der Waals surface area (Å²) in [5.41, 5.74) is 8.08. The fourth-order valence-electron chi connectivity index (χ4n) is 1.81. The second-order valence-corrected chi connectivity index (χ2v) is 4.01. The van der Waals surface area contributed by atoms with E-state index in [2.05, 4.69) is 6.92 Å². The van der Waals surface area contributed by atoms with Gasteiger partial charge >= 0.3 is 0 Å². The van der Waals surface area contributed by atoms with Crippen molar-refractivity contribution in [1.82, 2.24) is 0 Å². The Morgan fingerprint density at radius 2 is 1.59 bits per heavy atom. The van der Waals surface area contributed by atoms with Crippen molar-refractivity contribution < 1.29 is 9.47 Å². The van der Waals surface area contributed by atoms with Crippen molar-refractivity contribution in [2.24, 2.45) is 5.73 Å². The van der Waals surface area contributed by atoms with Crippen LogP contribution in [0.25, 0.3) is 0 Å². The fraction of sp³-hybridized carbons (Fsp3) is 0.538. The summed E-state index contributed by atoms with van der Waals surface area (Å²) in [5.74, 6) is 1.81. The highest BCUT2D eigenvalue weighted by Gasteiger charge is 2.11. The molecule has 0 spiro atoms. The monoisotopic (exact) mass is 259 g/mol. The zero-order valence-electron chi connectivity index (χ0n) is 10.9. The molecule has 0 radical (unpaired) electrons. The van der Waals surface area contributed by atoms with Crippen LogP contribution in [-0.4, -0.2) is 20.3 Å². The molecule has 0 saturated heterocycles. The molecule has 1 aromatic carbocycles. The average molecular weight is 260 g/mol. The summed E-state index contributed by atoms with van der Waals surface area (Å²) < 4.78 is 10.7. The Morgan fingerprint density at radius 3 is 2.00 bits per heavy atom. The molecule has 0 fully saturated rings. The largest absolute Gasteiger partial charge is 0.496 e. The minimum absolute atomic E-state index is 0. The van der Waals surface area contributed by atoms with E-state index in [4.69, 9.17) is 15.2 Å². The van der Waals surface area contributed by atoms with E-state index < -0.39 is 0 Å². The number of ether oxygens (including phenoxy) is 2. The summed E-state index contributed by atoms with van der Waals surface area (Å²) >= 11 is 0. The third kappa shape index (κ3) is 4.10. The van der Waals surface area contributed by atoms with E-state index in [0.717, 1.165) is 35.5 Å². The van der Waals surface area contributed by atoms with Crippen LogP contribution in [0.2, 0.25) is 0 Å². The minimum atomic E-state index is 0. The second kappa shape index (κ2) is 7.41. The number of benzene rings is 1. The lowest BCUT2D eigenvalue weighted by molar-refractivity contribution is 0.394. The molecule has 1 atom stereocenters. The van der Waals surface area contributed by atoms with Crippen molar-refractivity contribution in [3.8, 4) is 11.5 Å². The Kier molecular flexibility index (Phi) is 7.00. The van der Waals surface area contributed by atoms with Crippen molar-refractivity contribution in [2.75, 3.05) is 14.2 Å². The Hall–Kier alpha value is -0.930. The van der Waals surface area contributed by atoms with Gasteiger partial charge in [0.25, 0.3) is 0 Å². The van der Waals surface area contributed by atoms with Crippen LogP contribution < -0.4 is 15.2 Å². The molecule has 2 N–H and O–H groups in total. The molecule has 0 aliphatic rings. The highest BCUT2D eigenvalue weighted by Crippen LogP contribution is 2.29. The molecule has 0 aromatic heterocycles.